The van der Waals surface area contributed by atoms with Crippen molar-refractivity contribution in [1.29, 1.82) is 0 Å². The summed E-state index contributed by atoms with van der Waals surface area (Å²) >= 11 is 5.76. The molecule has 0 bridgehead atoms. The molecule has 0 heterocycles. The summed E-state index contributed by atoms with van der Waals surface area (Å²) in [5.41, 5.74) is 1.44. The Bertz CT molecular complexity index is 337. The third kappa shape index (κ3) is 3.53. The van der Waals surface area contributed by atoms with Gasteiger partial charge in [-0.1, -0.05) is 53.9 Å². The van der Waals surface area contributed by atoms with Gasteiger partial charge in [-0.15, -0.1) is 0 Å². The van der Waals surface area contributed by atoms with Crippen molar-refractivity contribution in [2.75, 3.05) is 0 Å². The average Bonchev–Trinajstić information content (AvgIpc) is 2.28. The lowest BCUT2D eigenvalue weighted by Gasteiger charge is -2.26. The minimum absolute atomic E-state index is 0.885. The van der Waals surface area contributed by atoms with Crippen molar-refractivity contribution >= 4 is 27.7 Å². The molecule has 0 amide bonds. The molecule has 1 aliphatic rings. The molecule has 1 aliphatic carbocycles. The van der Waals surface area contributed by atoms with Gasteiger partial charge < -0.3 is 0 Å². The number of hydrogen-bond donors (Lipinski definition) is 0. The van der Waals surface area contributed by atoms with E-state index >= 15 is 0 Å². The Morgan fingerprint density at radius 2 is 2.12 bits per heavy atom. The Balaban J connectivity index is 1.85. The lowest BCUT2D eigenvalue weighted by atomic mass is 9.91. The number of rotatable bonds is 3. The lowest BCUT2D eigenvalue weighted by molar-refractivity contribution is 0.394. The van der Waals surface area contributed by atoms with Gasteiger partial charge in [0.1, 0.15) is 0 Å². The van der Waals surface area contributed by atoms with E-state index in [-0.39, 0.29) is 0 Å². The van der Waals surface area contributed by atoms with Crippen LogP contribution < -0.4 is 0 Å². The molecule has 88 valence electrons. The Kier molecular flexibility index (Phi) is 4.78. The van der Waals surface area contributed by atoms with Crippen LogP contribution in [0, 0.1) is 5.92 Å². The third-order valence-corrected chi connectivity index (χ3v) is 5.47. The highest BCUT2D eigenvalue weighted by Crippen LogP contribution is 2.34. The van der Waals surface area contributed by atoms with Crippen molar-refractivity contribution < 1.29 is 0 Å². The van der Waals surface area contributed by atoms with Gasteiger partial charge in [0, 0.05) is 15.5 Å². The molecule has 0 aromatic heterocycles. The fraction of sp³-hybridized carbons (Fsp3) is 0.571. The fourth-order valence-electron chi connectivity index (χ4n) is 2.35. The molecule has 2 heteroatoms. The molecule has 16 heavy (non-hydrogen) atoms. The molecule has 2 unspecified atom stereocenters. The maximum atomic E-state index is 3.62. The highest BCUT2D eigenvalue weighted by atomic mass is 79.9. The first-order valence-electron chi connectivity index (χ1n) is 6.10. The molecule has 1 aromatic rings. The van der Waals surface area contributed by atoms with Crippen LogP contribution >= 0.6 is 27.7 Å². The summed E-state index contributed by atoms with van der Waals surface area (Å²) in [4.78, 5) is 0. The van der Waals surface area contributed by atoms with Crippen molar-refractivity contribution in [2.45, 2.75) is 43.6 Å². The third-order valence-electron chi connectivity index (χ3n) is 3.32. The van der Waals surface area contributed by atoms with Crippen LogP contribution in [-0.2, 0) is 5.75 Å². The van der Waals surface area contributed by atoms with Gasteiger partial charge in [0.2, 0.25) is 0 Å². The van der Waals surface area contributed by atoms with Gasteiger partial charge >= 0.3 is 0 Å². The molecular formula is C14H19BrS. The Morgan fingerprint density at radius 1 is 1.31 bits per heavy atom. The smallest absolute Gasteiger partial charge is 0.0215 e. The van der Waals surface area contributed by atoms with E-state index in [0.717, 1.165) is 16.9 Å². The average molecular weight is 299 g/mol. The second-order valence-electron chi connectivity index (χ2n) is 4.80. The van der Waals surface area contributed by atoms with Gasteiger partial charge in [-0.2, -0.15) is 11.8 Å². The summed E-state index contributed by atoms with van der Waals surface area (Å²) in [7, 11) is 0. The summed E-state index contributed by atoms with van der Waals surface area (Å²) in [5, 5.41) is 0.885. The van der Waals surface area contributed by atoms with Crippen molar-refractivity contribution in [3.05, 3.63) is 34.3 Å². The molecule has 2 rings (SSSR count). The van der Waals surface area contributed by atoms with Crippen LogP contribution in [0.5, 0.6) is 0 Å². The minimum atomic E-state index is 0.885. The van der Waals surface area contributed by atoms with E-state index in [9.17, 15) is 0 Å². The van der Waals surface area contributed by atoms with Crippen molar-refractivity contribution in [1.82, 2.24) is 0 Å². The highest BCUT2D eigenvalue weighted by Gasteiger charge is 2.19. The standard InChI is InChI=1S/C14H19BrS/c1-11-5-4-7-13(9-11)16-10-12-6-2-3-8-14(12)15/h2-3,6,8,11,13H,4-5,7,9-10H2,1H3. The van der Waals surface area contributed by atoms with E-state index in [2.05, 4.69) is 58.9 Å². The number of thioether (sulfide) groups is 1. The van der Waals surface area contributed by atoms with Crippen molar-refractivity contribution in [3.63, 3.8) is 0 Å². The predicted molar refractivity (Wildman–Crippen MR) is 76.9 cm³/mol. The summed E-state index contributed by atoms with van der Waals surface area (Å²) in [6.07, 6.45) is 5.69. The first-order valence-corrected chi connectivity index (χ1v) is 7.95. The Labute approximate surface area is 111 Å². The summed E-state index contributed by atoms with van der Waals surface area (Å²) in [5.74, 6) is 2.09. The molecule has 0 nitrogen and oxygen atoms in total. The SMILES string of the molecule is CC1CCCC(SCc2ccccc2Br)C1. The van der Waals surface area contributed by atoms with Gasteiger partial charge in [0.05, 0.1) is 0 Å². The van der Waals surface area contributed by atoms with E-state index in [4.69, 9.17) is 0 Å². The van der Waals surface area contributed by atoms with Crippen molar-refractivity contribution in [2.24, 2.45) is 5.92 Å². The molecule has 2 atom stereocenters. The molecule has 1 aromatic carbocycles. The summed E-state index contributed by atoms with van der Waals surface area (Å²) in [6.45, 7) is 2.39. The first-order chi connectivity index (χ1) is 7.75. The van der Waals surface area contributed by atoms with Gasteiger partial charge in [0.15, 0.2) is 0 Å². The van der Waals surface area contributed by atoms with Gasteiger partial charge in [0.25, 0.3) is 0 Å². The number of halogens is 1. The zero-order valence-corrected chi connectivity index (χ0v) is 12.2. The van der Waals surface area contributed by atoms with Crippen LogP contribution in [0.1, 0.15) is 38.2 Å². The summed E-state index contributed by atoms with van der Waals surface area (Å²) < 4.78 is 1.26. The highest BCUT2D eigenvalue weighted by molar-refractivity contribution is 9.10. The van der Waals surface area contributed by atoms with Crippen LogP contribution in [0.25, 0.3) is 0 Å². The number of hydrogen-bond acceptors (Lipinski definition) is 1. The Hall–Kier alpha value is 0.0500. The van der Waals surface area contributed by atoms with Crippen LogP contribution in [0.4, 0.5) is 0 Å². The maximum Gasteiger partial charge on any atom is 0.0215 e. The zero-order chi connectivity index (χ0) is 11.4. The molecule has 0 radical (unpaired) electrons. The van der Waals surface area contributed by atoms with E-state index in [1.807, 2.05) is 0 Å². The van der Waals surface area contributed by atoms with Crippen LogP contribution in [-0.4, -0.2) is 5.25 Å². The molecular weight excluding hydrogens is 280 g/mol. The quantitative estimate of drug-likeness (QED) is 0.733. The molecule has 1 saturated carbocycles. The number of benzene rings is 1. The first kappa shape index (κ1) is 12.5. The van der Waals surface area contributed by atoms with Crippen LogP contribution in [0.15, 0.2) is 28.7 Å². The molecule has 0 aliphatic heterocycles. The Morgan fingerprint density at radius 3 is 2.88 bits per heavy atom. The predicted octanol–water partition coefficient (Wildman–Crippen LogP) is 5.26. The normalized spacial score (nSPS) is 25.6. The fourth-order valence-corrected chi connectivity index (χ4v) is 4.43. The van der Waals surface area contributed by atoms with E-state index in [1.54, 1.807) is 0 Å². The van der Waals surface area contributed by atoms with E-state index in [1.165, 1.54) is 35.7 Å². The molecule has 0 N–H and O–H groups in total. The topological polar surface area (TPSA) is 0 Å². The van der Waals surface area contributed by atoms with E-state index in [0.29, 0.717) is 0 Å². The maximum absolute atomic E-state index is 3.62. The lowest BCUT2D eigenvalue weighted by Crippen LogP contribution is -2.15. The second-order valence-corrected chi connectivity index (χ2v) is 6.94. The van der Waals surface area contributed by atoms with Crippen LogP contribution in [0.2, 0.25) is 0 Å². The largest absolute Gasteiger partial charge is 0.154 e. The van der Waals surface area contributed by atoms with Crippen LogP contribution in [0.3, 0.4) is 0 Å². The van der Waals surface area contributed by atoms with Gasteiger partial charge in [-0.25, -0.2) is 0 Å². The van der Waals surface area contributed by atoms with E-state index < -0.39 is 0 Å². The minimum Gasteiger partial charge on any atom is -0.154 e. The van der Waals surface area contributed by atoms with Gasteiger partial charge in [-0.3, -0.25) is 0 Å². The molecule has 1 fully saturated rings. The molecule has 0 spiro atoms. The molecule has 0 saturated heterocycles. The zero-order valence-electron chi connectivity index (χ0n) is 9.79. The second kappa shape index (κ2) is 6.11. The monoisotopic (exact) mass is 298 g/mol. The van der Waals surface area contributed by atoms with Gasteiger partial charge in [-0.05, 0) is 30.4 Å². The summed E-state index contributed by atoms with van der Waals surface area (Å²) in [6, 6.07) is 8.58. The van der Waals surface area contributed by atoms with Crippen molar-refractivity contribution in [3.8, 4) is 0 Å².